The molecule has 0 heterocycles. The maximum atomic E-state index is 11.1. The van der Waals surface area contributed by atoms with Crippen molar-refractivity contribution < 1.29 is 14.6 Å². The van der Waals surface area contributed by atoms with Crippen LogP contribution in [0.5, 0.6) is 5.75 Å². The van der Waals surface area contributed by atoms with Gasteiger partial charge in [0, 0.05) is 12.1 Å². The molecular weight excluding hydrogens is 278 g/mol. The first-order valence-corrected chi connectivity index (χ1v) is 7.27. The molecular formula is C18H21NO3. The van der Waals surface area contributed by atoms with Crippen molar-refractivity contribution in [3.63, 3.8) is 0 Å². The number of hydrogen-bond acceptors (Lipinski definition) is 3. The van der Waals surface area contributed by atoms with Crippen LogP contribution in [0.3, 0.4) is 0 Å². The van der Waals surface area contributed by atoms with Crippen molar-refractivity contribution in [1.29, 1.82) is 0 Å². The molecule has 22 heavy (non-hydrogen) atoms. The van der Waals surface area contributed by atoms with Gasteiger partial charge in [0.25, 0.3) is 0 Å². The lowest BCUT2D eigenvalue weighted by atomic mass is 10.0. The quantitative estimate of drug-likeness (QED) is 0.820. The van der Waals surface area contributed by atoms with E-state index in [-0.39, 0.29) is 18.5 Å². The summed E-state index contributed by atoms with van der Waals surface area (Å²) in [5.41, 5.74) is 2.07. The summed E-state index contributed by atoms with van der Waals surface area (Å²) in [6.07, 6.45) is 0.0461. The maximum Gasteiger partial charge on any atom is 0.305 e. The molecule has 2 rings (SSSR count). The van der Waals surface area contributed by atoms with E-state index in [2.05, 4.69) is 5.32 Å². The van der Waals surface area contributed by atoms with Gasteiger partial charge in [0.1, 0.15) is 5.75 Å². The summed E-state index contributed by atoms with van der Waals surface area (Å²) in [6, 6.07) is 17.2. The number of carbonyl (C=O) groups is 1. The fraction of sp³-hybridized carbons (Fsp3) is 0.278. The van der Waals surface area contributed by atoms with Gasteiger partial charge in [-0.3, -0.25) is 4.79 Å². The molecule has 0 radical (unpaired) electrons. The van der Waals surface area contributed by atoms with Crippen LogP contribution in [-0.4, -0.2) is 18.2 Å². The van der Waals surface area contributed by atoms with Crippen LogP contribution in [0.25, 0.3) is 0 Å². The van der Waals surface area contributed by atoms with Gasteiger partial charge in [-0.25, -0.2) is 0 Å². The summed E-state index contributed by atoms with van der Waals surface area (Å²) in [6.45, 7) is 2.03. The van der Waals surface area contributed by atoms with Crippen molar-refractivity contribution in [3.8, 4) is 5.75 Å². The number of hydrogen-bond donors (Lipinski definition) is 2. The monoisotopic (exact) mass is 299 g/mol. The van der Waals surface area contributed by atoms with Crippen LogP contribution in [0, 0.1) is 0 Å². The molecule has 0 bridgehead atoms. The Balaban J connectivity index is 2.13. The molecule has 0 aliphatic heterocycles. The minimum Gasteiger partial charge on any atom is -0.497 e. The van der Waals surface area contributed by atoms with Crippen LogP contribution in [-0.2, 0) is 4.79 Å². The third kappa shape index (κ3) is 4.33. The lowest BCUT2D eigenvalue weighted by Gasteiger charge is -2.23. The number of aliphatic carboxylic acids is 1. The largest absolute Gasteiger partial charge is 0.497 e. The molecule has 0 saturated carbocycles. The Kier molecular flexibility index (Phi) is 5.55. The molecule has 2 N–H and O–H groups in total. The van der Waals surface area contributed by atoms with Crippen molar-refractivity contribution in [2.45, 2.75) is 25.4 Å². The first-order valence-electron chi connectivity index (χ1n) is 7.27. The van der Waals surface area contributed by atoms with E-state index in [4.69, 9.17) is 9.84 Å². The highest BCUT2D eigenvalue weighted by Gasteiger charge is 2.18. The molecule has 0 aromatic heterocycles. The summed E-state index contributed by atoms with van der Waals surface area (Å²) in [5, 5.41) is 12.5. The van der Waals surface area contributed by atoms with Crippen LogP contribution in [0.2, 0.25) is 0 Å². The highest BCUT2D eigenvalue weighted by Crippen LogP contribution is 2.23. The first-order chi connectivity index (χ1) is 10.6. The van der Waals surface area contributed by atoms with Crippen LogP contribution in [0.1, 0.15) is 36.6 Å². The van der Waals surface area contributed by atoms with E-state index in [0.29, 0.717) is 0 Å². The number of benzene rings is 2. The Bertz CT molecular complexity index is 595. The van der Waals surface area contributed by atoms with Gasteiger partial charge in [0.2, 0.25) is 0 Å². The molecule has 0 saturated heterocycles. The van der Waals surface area contributed by atoms with Crippen LogP contribution in [0.4, 0.5) is 0 Å². The zero-order valence-electron chi connectivity index (χ0n) is 12.8. The van der Waals surface area contributed by atoms with Crippen molar-refractivity contribution in [3.05, 3.63) is 65.7 Å². The number of nitrogens with one attached hydrogen (secondary N) is 1. The number of ether oxygens (including phenoxy) is 1. The molecule has 116 valence electrons. The van der Waals surface area contributed by atoms with Crippen LogP contribution < -0.4 is 10.1 Å². The second kappa shape index (κ2) is 7.61. The SMILES string of the molecule is COc1ccc([C@H](C)N[C@H](CC(=O)O)c2ccccc2)cc1. The summed E-state index contributed by atoms with van der Waals surface area (Å²) in [5.74, 6) is -0.00983. The van der Waals surface area contributed by atoms with Gasteiger partial charge in [-0.2, -0.15) is 0 Å². The van der Waals surface area contributed by atoms with Gasteiger partial charge < -0.3 is 15.2 Å². The third-order valence-corrected chi connectivity index (χ3v) is 3.65. The van der Waals surface area contributed by atoms with Gasteiger partial charge in [-0.15, -0.1) is 0 Å². The zero-order valence-corrected chi connectivity index (χ0v) is 12.8. The number of rotatable bonds is 7. The van der Waals surface area contributed by atoms with Crippen molar-refractivity contribution >= 4 is 5.97 Å². The van der Waals surface area contributed by atoms with Gasteiger partial charge in [-0.05, 0) is 30.2 Å². The topological polar surface area (TPSA) is 58.6 Å². The molecule has 2 atom stereocenters. The molecule has 2 aromatic carbocycles. The molecule has 0 aliphatic rings. The van der Waals surface area contributed by atoms with Crippen molar-refractivity contribution in [2.24, 2.45) is 0 Å². The van der Waals surface area contributed by atoms with Crippen molar-refractivity contribution in [1.82, 2.24) is 5.32 Å². The number of carboxylic acids is 1. The zero-order chi connectivity index (χ0) is 15.9. The summed E-state index contributed by atoms with van der Waals surface area (Å²) >= 11 is 0. The normalized spacial score (nSPS) is 13.4. The van der Waals surface area contributed by atoms with E-state index in [1.807, 2.05) is 61.5 Å². The average molecular weight is 299 g/mol. The Morgan fingerprint density at radius 1 is 1.09 bits per heavy atom. The number of methoxy groups -OCH3 is 1. The van der Waals surface area contributed by atoms with Crippen LogP contribution >= 0.6 is 0 Å². The Morgan fingerprint density at radius 3 is 2.27 bits per heavy atom. The van der Waals surface area contributed by atoms with Gasteiger partial charge in [-0.1, -0.05) is 42.5 Å². The average Bonchev–Trinajstić information content (AvgIpc) is 2.54. The molecule has 4 heteroatoms. The van der Waals surface area contributed by atoms with E-state index in [9.17, 15) is 4.79 Å². The summed E-state index contributed by atoms with van der Waals surface area (Å²) in [4.78, 5) is 11.1. The fourth-order valence-corrected chi connectivity index (χ4v) is 2.42. The predicted octanol–water partition coefficient (Wildman–Crippen LogP) is 3.56. The minimum atomic E-state index is -0.816. The lowest BCUT2D eigenvalue weighted by Crippen LogP contribution is -2.26. The lowest BCUT2D eigenvalue weighted by molar-refractivity contribution is -0.137. The number of carboxylic acid groups (broad SMARTS) is 1. The Morgan fingerprint density at radius 2 is 1.73 bits per heavy atom. The first kappa shape index (κ1) is 16.0. The standard InChI is InChI=1S/C18H21NO3/c1-13(14-8-10-16(22-2)11-9-14)19-17(12-18(20)21)15-6-4-3-5-7-15/h3-11,13,17,19H,12H2,1-2H3,(H,20,21)/t13-,17+/m0/s1. The molecule has 4 nitrogen and oxygen atoms in total. The second-order valence-corrected chi connectivity index (χ2v) is 5.22. The molecule has 2 aromatic rings. The van der Waals surface area contributed by atoms with E-state index in [1.165, 1.54) is 0 Å². The molecule has 0 amide bonds. The van der Waals surface area contributed by atoms with Crippen LogP contribution in [0.15, 0.2) is 54.6 Å². The maximum absolute atomic E-state index is 11.1. The van der Waals surface area contributed by atoms with Gasteiger partial charge in [0.05, 0.1) is 13.5 Å². The molecule has 0 spiro atoms. The molecule has 0 fully saturated rings. The third-order valence-electron chi connectivity index (χ3n) is 3.65. The summed E-state index contributed by atoms with van der Waals surface area (Å²) < 4.78 is 5.15. The van der Waals surface area contributed by atoms with Gasteiger partial charge >= 0.3 is 5.97 Å². The Hall–Kier alpha value is -2.33. The fourth-order valence-electron chi connectivity index (χ4n) is 2.42. The molecule has 0 unspecified atom stereocenters. The smallest absolute Gasteiger partial charge is 0.305 e. The van der Waals surface area contributed by atoms with Gasteiger partial charge in [0.15, 0.2) is 0 Å². The minimum absolute atomic E-state index is 0.0375. The van der Waals surface area contributed by atoms with E-state index in [0.717, 1.165) is 16.9 Å². The summed E-state index contributed by atoms with van der Waals surface area (Å²) in [7, 11) is 1.63. The van der Waals surface area contributed by atoms with E-state index >= 15 is 0 Å². The highest BCUT2D eigenvalue weighted by molar-refractivity contribution is 5.68. The van der Waals surface area contributed by atoms with E-state index in [1.54, 1.807) is 7.11 Å². The second-order valence-electron chi connectivity index (χ2n) is 5.22. The van der Waals surface area contributed by atoms with E-state index < -0.39 is 5.97 Å². The predicted molar refractivity (Wildman–Crippen MR) is 86.0 cm³/mol. The molecule has 0 aliphatic carbocycles. The highest BCUT2D eigenvalue weighted by atomic mass is 16.5. The van der Waals surface area contributed by atoms with Crippen molar-refractivity contribution in [2.75, 3.05) is 7.11 Å². The Labute approximate surface area is 130 Å².